The Hall–Kier alpha value is -2.72. The highest BCUT2D eigenvalue weighted by atomic mass is 35.5. The summed E-state index contributed by atoms with van der Waals surface area (Å²) in [6, 6.07) is 9.95. The molecule has 5 N–H and O–H groups in total. The Kier molecular flexibility index (Phi) is 10.8. The zero-order valence-electron chi connectivity index (χ0n) is 24.1. The smallest absolute Gasteiger partial charge is 0.245 e. The topological polar surface area (TPSA) is 122 Å². The number of halogens is 3. The Labute approximate surface area is 251 Å². The van der Waals surface area contributed by atoms with Gasteiger partial charge in [-0.3, -0.25) is 19.3 Å². The highest BCUT2D eigenvalue weighted by Gasteiger charge is 2.44. The average molecular weight is 609 g/mol. The normalized spacial score (nSPS) is 18.4. The van der Waals surface area contributed by atoms with Crippen molar-refractivity contribution >= 4 is 40.9 Å². The van der Waals surface area contributed by atoms with Crippen LogP contribution in [0.15, 0.2) is 42.5 Å². The molecule has 3 unspecified atom stereocenters. The number of primary amides is 1. The molecule has 224 valence electrons. The van der Waals surface area contributed by atoms with Crippen LogP contribution in [0.2, 0.25) is 10.0 Å². The summed E-state index contributed by atoms with van der Waals surface area (Å²) in [6.45, 7) is 8.11. The van der Waals surface area contributed by atoms with E-state index in [-0.39, 0.29) is 24.2 Å². The highest BCUT2D eigenvalue weighted by molar-refractivity contribution is 6.42. The van der Waals surface area contributed by atoms with Crippen LogP contribution in [0, 0.1) is 5.82 Å². The molecule has 2 aromatic rings. The minimum Gasteiger partial charge on any atom is -0.368 e. The van der Waals surface area contributed by atoms with Crippen LogP contribution in [0.25, 0.3) is 0 Å². The maximum Gasteiger partial charge on any atom is 0.245 e. The molecule has 0 saturated carbocycles. The predicted molar refractivity (Wildman–Crippen MR) is 160 cm³/mol. The summed E-state index contributed by atoms with van der Waals surface area (Å²) < 4.78 is 13.5. The maximum atomic E-state index is 14.0. The predicted octanol–water partition coefficient (Wildman–Crippen LogP) is 3.70. The number of piperazine rings is 1. The van der Waals surface area contributed by atoms with Crippen molar-refractivity contribution in [3.63, 3.8) is 0 Å². The molecule has 0 radical (unpaired) electrons. The van der Waals surface area contributed by atoms with Crippen molar-refractivity contribution in [1.82, 2.24) is 15.1 Å². The van der Waals surface area contributed by atoms with Gasteiger partial charge in [0.05, 0.1) is 15.6 Å². The quantitative estimate of drug-likeness (QED) is 0.359. The summed E-state index contributed by atoms with van der Waals surface area (Å²) in [6.07, 6.45) is 1.98. The van der Waals surface area contributed by atoms with Crippen molar-refractivity contribution in [1.29, 1.82) is 0 Å². The van der Waals surface area contributed by atoms with Gasteiger partial charge in [-0.05, 0) is 69.0 Å². The number of carbonyl (C=O) groups is 3. The number of rotatable bonds is 11. The van der Waals surface area contributed by atoms with Crippen LogP contribution < -0.4 is 16.8 Å². The van der Waals surface area contributed by atoms with E-state index in [1.165, 1.54) is 12.1 Å². The van der Waals surface area contributed by atoms with Crippen molar-refractivity contribution in [3.8, 4) is 0 Å². The summed E-state index contributed by atoms with van der Waals surface area (Å²) in [7, 11) is 0. The van der Waals surface area contributed by atoms with E-state index in [9.17, 15) is 18.8 Å². The fourth-order valence-electron chi connectivity index (χ4n) is 5.18. The van der Waals surface area contributed by atoms with Crippen molar-refractivity contribution in [2.75, 3.05) is 19.6 Å². The van der Waals surface area contributed by atoms with Gasteiger partial charge in [0, 0.05) is 32.1 Å². The largest absolute Gasteiger partial charge is 0.368 e. The number of nitrogens with two attached hydrogens (primary N) is 2. The van der Waals surface area contributed by atoms with Crippen LogP contribution in [-0.4, -0.2) is 70.3 Å². The zero-order valence-corrected chi connectivity index (χ0v) is 25.6. The first-order valence-corrected chi connectivity index (χ1v) is 14.5. The fourth-order valence-corrected chi connectivity index (χ4v) is 5.50. The monoisotopic (exact) mass is 607 g/mol. The van der Waals surface area contributed by atoms with Gasteiger partial charge in [0.1, 0.15) is 17.4 Å². The molecule has 11 heteroatoms. The van der Waals surface area contributed by atoms with Gasteiger partial charge in [0.15, 0.2) is 0 Å². The van der Waals surface area contributed by atoms with Crippen molar-refractivity contribution in [2.45, 2.75) is 76.5 Å². The fraction of sp³-hybridized carbons (Fsp3) is 0.500. The van der Waals surface area contributed by atoms with Gasteiger partial charge in [0.25, 0.3) is 0 Å². The Morgan fingerprint density at radius 3 is 2.24 bits per heavy atom. The van der Waals surface area contributed by atoms with Gasteiger partial charge in [0.2, 0.25) is 17.7 Å². The van der Waals surface area contributed by atoms with Crippen LogP contribution in [0.3, 0.4) is 0 Å². The lowest BCUT2D eigenvalue weighted by Crippen LogP contribution is -2.67. The number of hydrogen-bond acceptors (Lipinski definition) is 5. The summed E-state index contributed by atoms with van der Waals surface area (Å²) in [5, 5.41) is 3.64. The van der Waals surface area contributed by atoms with Gasteiger partial charge in [-0.25, -0.2) is 4.39 Å². The number of carbonyl (C=O) groups excluding carboxylic acids is 3. The Bertz CT molecular complexity index is 1250. The summed E-state index contributed by atoms with van der Waals surface area (Å²) in [5.41, 5.74) is 11.3. The molecule has 1 aliphatic rings. The van der Waals surface area contributed by atoms with E-state index >= 15 is 0 Å². The standard InChI is InChI=1S/C30H40Cl2FN5O3/c1-5-6-22-18-37(30(4,27(34)40)17-20-9-12-23(31)24(32)15-20)13-14-38(22)26(39)25(36-28(41)29(2,3)35)16-19-7-10-21(33)11-8-19/h7-12,15,22,25H,5-6,13-14,16-18,35H2,1-4H3,(H2,34,40)(H,36,41). The summed E-state index contributed by atoms with van der Waals surface area (Å²) >= 11 is 12.3. The number of amides is 3. The van der Waals surface area contributed by atoms with Crippen molar-refractivity contribution in [3.05, 3.63) is 69.5 Å². The van der Waals surface area contributed by atoms with E-state index in [1.807, 2.05) is 17.9 Å². The van der Waals surface area contributed by atoms with Crippen LogP contribution in [0.1, 0.15) is 51.7 Å². The molecule has 0 aliphatic carbocycles. The van der Waals surface area contributed by atoms with Crippen LogP contribution in [0.5, 0.6) is 0 Å². The third-order valence-electron chi connectivity index (χ3n) is 7.69. The summed E-state index contributed by atoms with van der Waals surface area (Å²) in [5.74, 6) is -1.59. The lowest BCUT2D eigenvalue weighted by molar-refractivity contribution is -0.144. The first-order valence-electron chi connectivity index (χ1n) is 13.8. The lowest BCUT2D eigenvalue weighted by Gasteiger charge is -2.48. The lowest BCUT2D eigenvalue weighted by atomic mass is 9.88. The van der Waals surface area contributed by atoms with Gasteiger partial charge in [-0.15, -0.1) is 0 Å². The second kappa shape index (κ2) is 13.5. The Morgan fingerprint density at radius 1 is 1.05 bits per heavy atom. The van der Waals surface area contributed by atoms with Crippen molar-refractivity contribution in [2.24, 2.45) is 11.5 Å². The van der Waals surface area contributed by atoms with Gasteiger partial charge in [-0.1, -0.05) is 54.7 Å². The molecule has 1 heterocycles. The molecule has 41 heavy (non-hydrogen) atoms. The van der Waals surface area contributed by atoms with E-state index in [4.69, 9.17) is 34.7 Å². The maximum absolute atomic E-state index is 14.0. The Balaban J connectivity index is 1.87. The van der Waals surface area contributed by atoms with E-state index in [2.05, 4.69) is 5.32 Å². The number of benzene rings is 2. The number of nitrogens with one attached hydrogen (secondary N) is 1. The molecule has 1 fully saturated rings. The summed E-state index contributed by atoms with van der Waals surface area (Å²) in [4.78, 5) is 43.5. The first-order chi connectivity index (χ1) is 19.1. The minimum atomic E-state index is -1.20. The molecule has 0 spiro atoms. The minimum absolute atomic E-state index is 0.177. The van der Waals surface area contributed by atoms with Gasteiger partial charge < -0.3 is 21.7 Å². The molecule has 0 bridgehead atoms. The van der Waals surface area contributed by atoms with E-state index in [0.29, 0.717) is 48.1 Å². The molecular weight excluding hydrogens is 568 g/mol. The molecule has 1 aliphatic heterocycles. The molecular formula is C30H40Cl2FN5O3. The van der Waals surface area contributed by atoms with Crippen molar-refractivity contribution < 1.29 is 18.8 Å². The van der Waals surface area contributed by atoms with E-state index in [1.54, 1.807) is 49.9 Å². The second-order valence-electron chi connectivity index (χ2n) is 11.6. The average Bonchev–Trinajstić information content (AvgIpc) is 2.90. The molecule has 8 nitrogen and oxygen atoms in total. The third kappa shape index (κ3) is 8.19. The molecule has 2 aromatic carbocycles. The van der Waals surface area contributed by atoms with Gasteiger partial charge in [-0.2, -0.15) is 0 Å². The van der Waals surface area contributed by atoms with Crippen LogP contribution in [0.4, 0.5) is 4.39 Å². The first kappa shape index (κ1) is 32.8. The SMILES string of the molecule is CCCC1CN(C(C)(Cc2ccc(Cl)c(Cl)c2)C(N)=O)CCN1C(=O)C(Cc1ccc(F)cc1)NC(=O)C(C)(C)N. The van der Waals surface area contributed by atoms with Crippen LogP contribution in [-0.2, 0) is 27.2 Å². The van der Waals surface area contributed by atoms with Gasteiger partial charge >= 0.3 is 0 Å². The third-order valence-corrected chi connectivity index (χ3v) is 8.43. The van der Waals surface area contributed by atoms with E-state index in [0.717, 1.165) is 12.0 Å². The number of hydrogen-bond donors (Lipinski definition) is 3. The Morgan fingerprint density at radius 2 is 1.68 bits per heavy atom. The molecule has 0 aromatic heterocycles. The second-order valence-corrected chi connectivity index (χ2v) is 12.4. The van der Waals surface area contributed by atoms with E-state index < -0.39 is 28.9 Å². The highest BCUT2D eigenvalue weighted by Crippen LogP contribution is 2.29. The zero-order chi connectivity index (χ0) is 30.5. The van der Waals surface area contributed by atoms with Crippen LogP contribution >= 0.6 is 23.2 Å². The molecule has 1 saturated heterocycles. The number of nitrogens with zero attached hydrogens (tertiary/aromatic N) is 2. The molecule has 3 rings (SSSR count). The molecule has 3 atom stereocenters. The molecule has 3 amide bonds.